The van der Waals surface area contributed by atoms with E-state index in [2.05, 4.69) is 14.9 Å². The highest BCUT2D eigenvalue weighted by molar-refractivity contribution is 7.92. The third kappa shape index (κ3) is 3.30. The normalized spacial score (nSPS) is 11.2. The Morgan fingerprint density at radius 3 is 2.46 bits per heavy atom. The van der Waals surface area contributed by atoms with Gasteiger partial charge in [-0.3, -0.25) is 9.52 Å². The van der Waals surface area contributed by atoms with Crippen LogP contribution in [0, 0.1) is 0 Å². The van der Waals surface area contributed by atoms with Crippen molar-refractivity contribution in [3.05, 3.63) is 58.9 Å². The molecule has 2 N–H and O–H groups in total. The van der Waals surface area contributed by atoms with Crippen molar-refractivity contribution in [1.82, 2.24) is 10.2 Å². The quantitative estimate of drug-likeness (QED) is 0.728. The zero-order valence-electron chi connectivity index (χ0n) is 12.5. The molecular formula is C15H13N3O5S. The summed E-state index contributed by atoms with van der Waals surface area (Å²) < 4.78 is 37.4. The van der Waals surface area contributed by atoms with E-state index in [4.69, 9.17) is 9.15 Å². The highest BCUT2D eigenvalue weighted by atomic mass is 32.2. The van der Waals surface area contributed by atoms with Gasteiger partial charge in [0.05, 0.1) is 7.11 Å². The smallest absolute Gasteiger partial charge is 0.295 e. The molecule has 2 aromatic heterocycles. The summed E-state index contributed by atoms with van der Waals surface area (Å²) >= 11 is 0. The first-order valence-electron chi connectivity index (χ1n) is 6.81. The zero-order valence-corrected chi connectivity index (χ0v) is 13.3. The first kappa shape index (κ1) is 15.8. The Hall–Kier alpha value is -3.07. The van der Waals surface area contributed by atoms with Gasteiger partial charge in [0, 0.05) is 11.8 Å². The summed E-state index contributed by atoms with van der Waals surface area (Å²) in [5, 5.41) is 5.78. The van der Waals surface area contributed by atoms with Crippen LogP contribution < -0.4 is 15.0 Å². The van der Waals surface area contributed by atoms with Gasteiger partial charge in [-0.2, -0.15) is 13.5 Å². The van der Waals surface area contributed by atoms with Gasteiger partial charge in [-0.15, -0.1) is 0 Å². The van der Waals surface area contributed by atoms with Gasteiger partial charge in [0.1, 0.15) is 11.4 Å². The minimum absolute atomic E-state index is 0.223. The van der Waals surface area contributed by atoms with Gasteiger partial charge in [-0.1, -0.05) is 0 Å². The van der Waals surface area contributed by atoms with E-state index in [-0.39, 0.29) is 16.4 Å². The van der Waals surface area contributed by atoms with Crippen molar-refractivity contribution in [1.29, 1.82) is 0 Å². The lowest BCUT2D eigenvalue weighted by molar-refractivity contribution is 0.415. The number of sulfonamides is 1. The maximum Gasteiger partial charge on any atom is 0.295 e. The first-order valence-corrected chi connectivity index (χ1v) is 8.29. The second-order valence-electron chi connectivity index (χ2n) is 4.76. The molecule has 2 heterocycles. The Morgan fingerprint density at radius 1 is 1.08 bits per heavy atom. The maximum atomic E-state index is 12.3. The van der Waals surface area contributed by atoms with Gasteiger partial charge in [0.2, 0.25) is 5.09 Å². The molecule has 0 fully saturated rings. The van der Waals surface area contributed by atoms with E-state index in [0.29, 0.717) is 17.1 Å². The van der Waals surface area contributed by atoms with Crippen molar-refractivity contribution in [3.63, 3.8) is 0 Å². The van der Waals surface area contributed by atoms with Crippen LogP contribution in [0.2, 0.25) is 0 Å². The fourth-order valence-electron chi connectivity index (χ4n) is 1.95. The van der Waals surface area contributed by atoms with E-state index < -0.39 is 10.0 Å². The number of furan rings is 1. The monoisotopic (exact) mass is 347 g/mol. The number of hydrogen-bond acceptors (Lipinski definition) is 6. The molecule has 9 heteroatoms. The summed E-state index contributed by atoms with van der Waals surface area (Å²) in [7, 11) is -2.36. The first-order chi connectivity index (χ1) is 11.5. The summed E-state index contributed by atoms with van der Waals surface area (Å²) in [4.78, 5) is 11.0. The number of benzene rings is 1. The van der Waals surface area contributed by atoms with Crippen LogP contribution in [0.5, 0.6) is 5.75 Å². The Balaban J connectivity index is 1.84. The lowest BCUT2D eigenvalue weighted by Gasteiger charge is -2.06. The summed E-state index contributed by atoms with van der Waals surface area (Å²) in [6.45, 7) is 0. The molecule has 0 atom stereocenters. The lowest BCUT2D eigenvalue weighted by atomic mass is 10.3. The number of nitrogens with one attached hydrogen (secondary N) is 2. The number of H-pyrrole nitrogens is 1. The average molecular weight is 347 g/mol. The molecule has 0 aliphatic rings. The lowest BCUT2D eigenvalue weighted by Crippen LogP contribution is -2.12. The van der Waals surface area contributed by atoms with E-state index in [9.17, 15) is 13.2 Å². The number of nitrogens with zero attached hydrogens (tertiary/aromatic N) is 1. The largest absolute Gasteiger partial charge is 0.497 e. The van der Waals surface area contributed by atoms with Crippen molar-refractivity contribution in [2.75, 3.05) is 11.8 Å². The predicted octanol–water partition coefficient (Wildman–Crippen LogP) is 1.84. The Bertz CT molecular complexity index is 986. The van der Waals surface area contributed by atoms with Crippen molar-refractivity contribution in [2.24, 2.45) is 0 Å². The molecule has 0 bridgehead atoms. The molecular weight excluding hydrogens is 334 g/mol. The van der Waals surface area contributed by atoms with Crippen LogP contribution in [-0.2, 0) is 10.0 Å². The molecule has 124 valence electrons. The maximum absolute atomic E-state index is 12.3. The molecule has 1 aromatic carbocycles. The minimum atomic E-state index is -3.89. The summed E-state index contributed by atoms with van der Waals surface area (Å²) in [5.74, 6) is 0.837. The second-order valence-corrected chi connectivity index (χ2v) is 6.37. The summed E-state index contributed by atoms with van der Waals surface area (Å²) in [6.07, 6.45) is 0. The number of aromatic amines is 1. The third-order valence-electron chi connectivity index (χ3n) is 3.12. The molecule has 24 heavy (non-hydrogen) atoms. The highest BCUT2D eigenvalue weighted by Gasteiger charge is 2.20. The van der Waals surface area contributed by atoms with Gasteiger partial charge < -0.3 is 9.15 Å². The minimum Gasteiger partial charge on any atom is -0.497 e. The van der Waals surface area contributed by atoms with E-state index in [1.807, 2.05) is 0 Å². The fraction of sp³-hybridized carbons (Fsp3) is 0.0667. The molecule has 0 spiro atoms. The van der Waals surface area contributed by atoms with E-state index >= 15 is 0 Å². The van der Waals surface area contributed by atoms with Gasteiger partial charge in [-0.05, 0) is 42.5 Å². The Labute approximate surface area is 137 Å². The van der Waals surface area contributed by atoms with Crippen LogP contribution >= 0.6 is 0 Å². The highest BCUT2D eigenvalue weighted by Crippen LogP contribution is 2.24. The van der Waals surface area contributed by atoms with Crippen LogP contribution in [0.25, 0.3) is 11.5 Å². The van der Waals surface area contributed by atoms with E-state index in [0.717, 1.165) is 0 Å². The summed E-state index contributed by atoms with van der Waals surface area (Å²) in [6, 6.07) is 11.9. The van der Waals surface area contributed by atoms with Gasteiger partial charge >= 0.3 is 0 Å². The van der Waals surface area contributed by atoms with E-state index in [1.165, 1.54) is 31.4 Å². The number of hydrogen-bond donors (Lipinski definition) is 2. The van der Waals surface area contributed by atoms with Crippen molar-refractivity contribution in [3.8, 4) is 17.2 Å². The van der Waals surface area contributed by atoms with Crippen molar-refractivity contribution >= 4 is 15.7 Å². The Kier molecular flexibility index (Phi) is 4.09. The SMILES string of the molecule is COc1ccc(NS(=O)(=O)c2ccc(-c3ccc(=O)[nH]n3)o2)cc1. The Morgan fingerprint density at radius 2 is 1.83 bits per heavy atom. The molecule has 0 aliphatic heterocycles. The summed E-state index contributed by atoms with van der Waals surface area (Å²) in [5.41, 5.74) is 0.329. The molecule has 0 amide bonds. The third-order valence-corrected chi connectivity index (χ3v) is 4.37. The van der Waals surface area contributed by atoms with Crippen LogP contribution in [-0.4, -0.2) is 25.7 Å². The predicted molar refractivity (Wildman–Crippen MR) is 86.4 cm³/mol. The van der Waals surface area contributed by atoms with Crippen LogP contribution in [0.1, 0.15) is 0 Å². The van der Waals surface area contributed by atoms with Gasteiger partial charge in [-0.25, -0.2) is 5.10 Å². The topological polar surface area (TPSA) is 114 Å². The molecule has 0 aliphatic carbocycles. The molecule has 8 nitrogen and oxygen atoms in total. The molecule has 0 radical (unpaired) electrons. The molecule has 0 unspecified atom stereocenters. The number of rotatable bonds is 5. The van der Waals surface area contributed by atoms with Gasteiger partial charge in [0.15, 0.2) is 5.76 Å². The standard InChI is InChI=1S/C15H13N3O5S/c1-22-11-4-2-10(3-5-11)18-24(20,21)15-9-7-13(23-15)12-6-8-14(19)17-16-12/h2-9,18H,1H3,(H,17,19). The van der Waals surface area contributed by atoms with Crippen LogP contribution in [0.4, 0.5) is 5.69 Å². The van der Waals surface area contributed by atoms with Crippen molar-refractivity contribution < 1.29 is 17.6 Å². The zero-order chi connectivity index (χ0) is 17.2. The number of methoxy groups -OCH3 is 1. The average Bonchev–Trinajstić information content (AvgIpc) is 3.07. The van der Waals surface area contributed by atoms with Gasteiger partial charge in [0.25, 0.3) is 15.6 Å². The second kappa shape index (κ2) is 6.20. The number of anilines is 1. The number of ether oxygens (including phenoxy) is 1. The van der Waals surface area contributed by atoms with E-state index in [1.54, 1.807) is 24.3 Å². The van der Waals surface area contributed by atoms with Crippen molar-refractivity contribution in [2.45, 2.75) is 5.09 Å². The van der Waals surface area contributed by atoms with Crippen LogP contribution in [0.15, 0.2) is 62.8 Å². The molecule has 0 saturated heterocycles. The molecule has 3 rings (SSSR count). The molecule has 3 aromatic rings. The fourth-order valence-corrected chi connectivity index (χ4v) is 2.94. The molecule has 0 saturated carbocycles. The van der Waals surface area contributed by atoms with Crippen LogP contribution in [0.3, 0.4) is 0 Å². The number of aromatic nitrogens is 2.